The number of rotatable bonds is 13. The van der Waals surface area contributed by atoms with Crippen LogP contribution in [0.15, 0.2) is 42.7 Å². The number of hydrogen-bond donors (Lipinski definition) is 2. The molecule has 1 aliphatic heterocycles. The summed E-state index contributed by atoms with van der Waals surface area (Å²) in [7, 11) is 0. The Balaban J connectivity index is 1.24. The van der Waals surface area contributed by atoms with Gasteiger partial charge in [0.05, 0.1) is 19.0 Å². The highest BCUT2D eigenvalue weighted by Gasteiger charge is 2.40. The number of likely N-dealkylation sites (tertiary alicyclic amines) is 1. The summed E-state index contributed by atoms with van der Waals surface area (Å²) in [6, 6.07) is 9.32. The van der Waals surface area contributed by atoms with Crippen LogP contribution >= 0.6 is 0 Å². The van der Waals surface area contributed by atoms with Gasteiger partial charge in [-0.2, -0.15) is 0 Å². The largest absolute Gasteiger partial charge is 0.512 e. The molecule has 2 aromatic carbocycles. The van der Waals surface area contributed by atoms with Crippen molar-refractivity contribution in [1.82, 2.24) is 4.90 Å². The maximum Gasteiger partial charge on any atom is 0.130 e. The van der Waals surface area contributed by atoms with E-state index in [2.05, 4.69) is 37.5 Å². The van der Waals surface area contributed by atoms with Gasteiger partial charge in [-0.1, -0.05) is 26.5 Å². The maximum atomic E-state index is 14.1. The van der Waals surface area contributed by atoms with Crippen molar-refractivity contribution in [3.05, 3.63) is 59.6 Å². The minimum atomic E-state index is -0.298. The van der Waals surface area contributed by atoms with Gasteiger partial charge < -0.3 is 20.0 Å². The lowest BCUT2D eigenvalue weighted by Gasteiger charge is -2.49. The number of benzene rings is 2. The normalized spacial score (nSPS) is 23.7. The average molecular weight is 577 g/mol. The molecule has 3 aliphatic rings. The third-order valence-corrected chi connectivity index (χ3v) is 9.72. The minimum absolute atomic E-state index is 0.141. The molecule has 3 fully saturated rings. The lowest BCUT2D eigenvalue weighted by Crippen LogP contribution is -2.54. The van der Waals surface area contributed by atoms with Crippen LogP contribution in [-0.2, 0) is 6.54 Å². The fourth-order valence-corrected chi connectivity index (χ4v) is 7.30. The van der Waals surface area contributed by atoms with Crippen molar-refractivity contribution >= 4 is 5.71 Å². The van der Waals surface area contributed by atoms with Crippen molar-refractivity contribution in [2.75, 3.05) is 26.3 Å². The first-order valence-corrected chi connectivity index (χ1v) is 15.9. The van der Waals surface area contributed by atoms with E-state index in [1.807, 2.05) is 19.9 Å². The van der Waals surface area contributed by atoms with Crippen molar-refractivity contribution in [3.63, 3.8) is 0 Å². The lowest BCUT2D eigenvalue weighted by molar-refractivity contribution is 0.0141. The van der Waals surface area contributed by atoms with Crippen molar-refractivity contribution in [2.45, 2.75) is 91.5 Å². The van der Waals surface area contributed by atoms with E-state index in [1.165, 1.54) is 23.3 Å². The summed E-state index contributed by atoms with van der Waals surface area (Å²) >= 11 is 0. The molecular formula is C36H49FN2O3. The van der Waals surface area contributed by atoms with Crippen LogP contribution in [0.2, 0.25) is 0 Å². The number of ether oxygens (including phenoxy) is 2. The van der Waals surface area contributed by atoms with Gasteiger partial charge in [-0.25, -0.2) is 4.39 Å². The van der Waals surface area contributed by atoms with Gasteiger partial charge in [0.25, 0.3) is 0 Å². The Morgan fingerprint density at radius 2 is 1.69 bits per heavy atom. The van der Waals surface area contributed by atoms with Gasteiger partial charge in [0, 0.05) is 48.0 Å². The van der Waals surface area contributed by atoms with Gasteiger partial charge in [0.15, 0.2) is 0 Å². The molecule has 42 heavy (non-hydrogen) atoms. The van der Waals surface area contributed by atoms with Crippen molar-refractivity contribution in [3.8, 4) is 22.6 Å². The lowest BCUT2D eigenvalue weighted by atomic mass is 9.69. The zero-order chi connectivity index (χ0) is 30.1. The molecule has 1 saturated heterocycles. The third kappa shape index (κ3) is 6.85. The fourth-order valence-electron chi connectivity index (χ4n) is 7.30. The van der Waals surface area contributed by atoms with E-state index in [4.69, 9.17) is 14.9 Å². The first kappa shape index (κ1) is 30.6. The molecule has 0 spiro atoms. The number of nitrogens with one attached hydrogen (secondary N) is 1. The highest BCUT2D eigenvalue weighted by atomic mass is 19.1. The molecule has 2 N–H and O–H groups in total. The van der Waals surface area contributed by atoms with E-state index in [0.29, 0.717) is 36.6 Å². The van der Waals surface area contributed by atoms with Gasteiger partial charge in [0.2, 0.25) is 0 Å². The van der Waals surface area contributed by atoms with E-state index in [0.717, 1.165) is 93.6 Å². The van der Waals surface area contributed by atoms with Crippen LogP contribution in [-0.4, -0.2) is 42.0 Å². The Labute approximate surface area is 251 Å². The molecule has 1 heterocycles. The fraction of sp³-hybridized carbons (Fsp3) is 0.583. The minimum Gasteiger partial charge on any atom is -0.512 e. The second-order valence-corrected chi connectivity index (χ2v) is 13.7. The first-order chi connectivity index (χ1) is 20.0. The standard InChI is InChI=1S/C36H49FN2O3/c1-6-41-32-19-28(37)10-11-30(32)34-31(27-8-9-27)17-26(18-33(34)42-7-2)21-39-22-35(4,23-39)20-29(38)16-25-12-14-36(5,15-13-25)24(3)40/h10-11,17-19,25,27,38,40H,3,6-9,12-16,20-23H2,1-2,4-5H3. The van der Waals surface area contributed by atoms with Crippen LogP contribution in [0.1, 0.15) is 96.1 Å². The second-order valence-electron chi connectivity index (χ2n) is 13.7. The topological polar surface area (TPSA) is 65.8 Å². The molecule has 228 valence electrons. The van der Waals surface area contributed by atoms with Crippen LogP contribution in [0.3, 0.4) is 0 Å². The third-order valence-electron chi connectivity index (χ3n) is 9.72. The van der Waals surface area contributed by atoms with E-state index in [1.54, 1.807) is 0 Å². The van der Waals surface area contributed by atoms with Gasteiger partial charge in [-0.15, -0.1) is 0 Å². The highest BCUT2D eigenvalue weighted by Crippen LogP contribution is 2.50. The number of allylic oxidation sites excluding steroid dienone is 1. The van der Waals surface area contributed by atoms with Gasteiger partial charge in [-0.05, 0) is 112 Å². The monoisotopic (exact) mass is 576 g/mol. The predicted molar refractivity (Wildman–Crippen MR) is 168 cm³/mol. The average Bonchev–Trinajstić information content (AvgIpc) is 3.75. The van der Waals surface area contributed by atoms with Crippen molar-refractivity contribution in [1.29, 1.82) is 5.41 Å². The van der Waals surface area contributed by atoms with E-state index >= 15 is 0 Å². The molecule has 2 aliphatic carbocycles. The molecule has 0 aromatic heterocycles. The van der Waals surface area contributed by atoms with E-state index < -0.39 is 0 Å². The van der Waals surface area contributed by atoms with Gasteiger partial charge in [-0.3, -0.25) is 4.90 Å². The summed E-state index contributed by atoms with van der Waals surface area (Å²) in [5.74, 6) is 2.47. The Hall–Kier alpha value is -2.86. The molecule has 5 rings (SSSR count). The Morgan fingerprint density at radius 3 is 2.31 bits per heavy atom. The summed E-state index contributed by atoms with van der Waals surface area (Å²) in [6.45, 7) is 16.0. The summed E-state index contributed by atoms with van der Waals surface area (Å²) in [4.78, 5) is 2.48. The van der Waals surface area contributed by atoms with Crippen molar-refractivity contribution in [2.24, 2.45) is 16.7 Å². The summed E-state index contributed by atoms with van der Waals surface area (Å²) < 4.78 is 26.2. The quantitative estimate of drug-likeness (QED) is 0.184. The molecule has 2 saturated carbocycles. The molecule has 0 atom stereocenters. The van der Waals surface area contributed by atoms with Crippen LogP contribution in [0, 0.1) is 28.0 Å². The molecule has 6 heteroatoms. The number of halogens is 1. The second kappa shape index (κ2) is 12.4. The summed E-state index contributed by atoms with van der Waals surface area (Å²) in [5, 5.41) is 18.7. The predicted octanol–water partition coefficient (Wildman–Crippen LogP) is 9.06. The van der Waals surface area contributed by atoms with Crippen LogP contribution in [0.4, 0.5) is 4.39 Å². The first-order valence-electron chi connectivity index (χ1n) is 15.9. The smallest absolute Gasteiger partial charge is 0.130 e. The van der Waals surface area contributed by atoms with E-state index in [9.17, 15) is 9.50 Å². The molecule has 0 radical (unpaired) electrons. The summed E-state index contributed by atoms with van der Waals surface area (Å²) in [5.41, 5.74) is 5.33. The summed E-state index contributed by atoms with van der Waals surface area (Å²) in [6.07, 6.45) is 8.10. The van der Waals surface area contributed by atoms with Gasteiger partial charge >= 0.3 is 0 Å². The van der Waals surface area contributed by atoms with Crippen LogP contribution in [0.25, 0.3) is 11.1 Å². The van der Waals surface area contributed by atoms with Crippen molar-refractivity contribution < 1.29 is 19.0 Å². The van der Waals surface area contributed by atoms with Crippen LogP contribution in [0.5, 0.6) is 11.5 Å². The van der Waals surface area contributed by atoms with Gasteiger partial charge in [0.1, 0.15) is 17.3 Å². The molecule has 0 bridgehead atoms. The van der Waals surface area contributed by atoms with Crippen LogP contribution < -0.4 is 9.47 Å². The molecule has 5 nitrogen and oxygen atoms in total. The molecule has 0 amide bonds. The molecule has 0 unspecified atom stereocenters. The zero-order valence-corrected chi connectivity index (χ0v) is 26.0. The Morgan fingerprint density at radius 1 is 1.02 bits per heavy atom. The highest BCUT2D eigenvalue weighted by molar-refractivity contribution is 5.82. The SMILES string of the molecule is C=C(O)C1(C)CCC(CC(=N)CC2(C)CN(Cc3cc(OCC)c(-c4ccc(F)cc4OCC)c(C4CC4)c3)C2)CC1. The number of hydrogen-bond acceptors (Lipinski definition) is 5. The molecule has 2 aromatic rings. The Kier molecular flexibility index (Phi) is 9.03. The number of aliphatic hydroxyl groups excluding tert-OH is 1. The number of aliphatic hydroxyl groups is 1. The number of nitrogens with zero attached hydrogens (tertiary/aromatic N) is 1. The zero-order valence-electron chi connectivity index (χ0n) is 26.0. The van der Waals surface area contributed by atoms with E-state index in [-0.39, 0.29) is 16.6 Å². The molecular weight excluding hydrogens is 527 g/mol. The Bertz CT molecular complexity index is 1300. The maximum absolute atomic E-state index is 14.1.